The fourth-order valence-corrected chi connectivity index (χ4v) is 1.68. The Kier molecular flexibility index (Phi) is 3.72. The molecule has 0 spiro atoms. The second-order valence-electron chi connectivity index (χ2n) is 3.94. The third-order valence-electron chi connectivity index (χ3n) is 2.68. The minimum Gasteiger partial charge on any atom is -0.348 e. The van der Waals surface area contributed by atoms with E-state index < -0.39 is 0 Å². The highest BCUT2D eigenvalue weighted by molar-refractivity contribution is 5.93. The molecule has 0 saturated heterocycles. The molecule has 2 rings (SSSR count). The number of amides is 1. The first-order valence-electron chi connectivity index (χ1n) is 5.61. The van der Waals surface area contributed by atoms with Crippen LogP contribution in [-0.4, -0.2) is 30.5 Å². The molecule has 0 radical (unpaired) electrons. The van der Waals surface area contributed by atoms with Crippen LogP contribution < -0.4 is 16.2 Å². The number of hydrogen-bond acceptors (Lipinski definition) is 3. The molecule has 17 heavy (non-hydrogen) atoms. The molecule has 0 aliphatic carbocycles. The summed E-state index contributed by atoms with van der Waals surface area (Å²) in [7, 11) is 0. The van der Waals surface area contributed by atoms with Gasteiger partial charge in [-0.3, -0.25) is 9.59 Å². The van der Waals surface area contributed by atoms with E-state index >= 15 is 0 Å². The molecule has 0 fully saturated rings. The summed E-state index contributed by atoms with van der Waals surface area (Å²) in [6, 6.07) is 2.86. The van der Waals surface area contributed by atoms with Crippen molar-refractivity contribution in [3.63, 3.8) is 0 Å². The molecule has 0 bridgehead atoms. The quantitative estimate of drug-likeness (QED) is 0.645. The molecule has 5 nitrogen and oxygen atoms in total. The smallest absolute Gasteiger partial charge is 0.253 e. The lowest BCUT2D eigenvalue weighted by molar-refractivity contribution is 0.0956. The lowest BCUT2D eigenvalue weighted by Crippen LogP contribution is -2.29. The molecule has 0 saturated carbocycles. The van der Waals surface area contributed by atoms with Crippen molar-refractivity contribution < 1.29 is 4.79 Å². The molecular formula is C12H15N3O2. The molecule has 3 N–H and O–H groups in total. The minimum absolute atomic E-state index is 0.166. The van der Waals surface area contributed by atoms with Crippen LogP contribution in [0.3, 0.4) is 0 Å². The van der Waals surface area contributed by atoms with Gasteiger partial charge in [0, 0.05) is 25.4 Å². The lowest BCUT2D eigenvalue weighted by atomic mass is 10.1. The summed E-state index contributed by atoms with van der Waals surface area (Å²) in [6.07, 6.45) is 4.48. The molecule has 1 amide bonds. The van der Waals surface area contributed by atoms with Gasteiger partial charge in [0.15, 0.2) is 0 Å². The van der Waals surface area contributed by atoms with E-state index in [1.807, 2.05) is 0 Å². The molecule has 5 heteroatoms. The summed E-state index contributed by atoms with van der Waals surface area (Å²) < 4.78 is 0. The number of hydrogen-bond donors (Lipinski definition) is 3. The van der Waals surface area contributed by atoms with E-state index in [1.165, 1.54) is 23.9 Å². The highest BCUT2D eigenvalue weighted by Gasteiger charge is 2.07. The molecule has 2 heterocycles. The van der Waals surface area contributed by atoms with Gasteiger partial charge in [-0.2, -0.15) is 0 Å². The van der Waals surface area contributed by atoms with Crippen LogP contribution in [0.15, 0.2) is 34.8 Å². The maximum Gasteiger partial charge on any atom is 0.253 e. The Morgan fingerprint density at radius 3 is 2.94 bits per heavy atom. The summed E-state index contributed by atoms with van der Waals surface area (Å²) in [4.78, 5) is 25.0. The van der Waals surface area contributed by atoms with Gasteiger partial charge < -0.3 is 15.6 Å². The Balaban J connectivity index is 1.91. The predicted molar refractivity (Wildman–Crippen MR) is 65.0 cm³/mol. The Morgan fingerprint density at radius 2 is 2.29 bits per heavy atom. The fraction of sp³-hybridized carbons (Fsp3) is 0.333. The van der Waals surface area contributed by atoms with Gasteiger partial charge in [0.1, 0.15) is 0 Å². The van der Waals surface area contributed by atoms with Crippen LogP contribution in [0.5, 0.6) is 0 Å². The van der Waals surface area contributed by atoms with E-state index in [0.717, 1.165) is 19.5 Å². The highest BCUT2D eigenvalue weighted by Crippen LogP contribution is 2.03. The fourth-order valence-electron chi connectivity index (χ4n) is 1.68. The summed E-state index contributed by atoms with van der Waals surface area (Å²) >= 11 is 0. The lowest BCUT2D eigenvalue weighted by Gasteiger charge is -2.14. The summed E-state index contributed by atoms with van der Waals surface area (Å²) in [5.74, 6) is -0.166. The van der Waals surface area contributed by atoms with Crippen molar-refractivity contribution in [3.8, 4) is 0 Å². The van der Waals surface area contributed by atoms with Crippen molar-refractivity contribution in [2.45, 2.75) is 6.42 Å². The average molecular weight is 233 g/mol. The SMILES string of the molecule is O=C(NCC1=CCNCC1)c1ccc(=O)[nH]c1. The van der Waals surface area contributed by atoms with E-state index in [2.05, 4.69) is 21.7 Å². The van der Waals surface area contributed by atoms with Crippen molar-refractivity contribution in [1.29, 1.82) is 0 Å². The molecule has 1 aromatic rings. The zero-order chi connectivity index (χ0) is 12.1. The van der Waals surface area contributed by atoms with E-state index in [1.54, 1.807) is 0 Å². The van der Waals surface area contributed by atoms with Crippen molar-refractivity contribution in [3.05, 3.63) is 45.9 Å². The van der Waals surface area contributed by atoms with Gasteiger partial charge in [0.2, 0.25) is 5.56 Å². The van der Waals surface area contributed by atoms with Crippen LogP contribution in [0.4, 0.5) is 0 Å². The van der Waals surface area contributed by atoms with Gasteiger partial charge in [0.05, 0.1) is 5.56 Å². The Morgan fingerprint density at radius 1 is 1.41 bits per heavy atom. The normalized spacial score (nSPS) is 15.2. The number of pyridine rings is 1. The van der Waals surface area contributed by atoms with Crippen LogP contribution >= 0.6 is 0 Å². The van der Waals surface area contributed by atoms with Crippen molar-refractivity contribution >= 4 is 5.91 Å². The zero-order valence-corrected chi connectivity index (χ0v) is 9.45. The maximum absolute atomic E-state index is 11.7. The number of aromatic amines is 1. The number of nitrogens with one attached hydrogen (secondary N) is 3. The Hall–Kier alpha value is -1.88. The number of rotatable bonds is 3. The first kappa shape index (κ1) is 11.6. The summed E-state index contributed by atoms with van der Waals surface area (Å²) in [5.41, 5.74) is 1.50. The second-order valence-corrected chi connectivity index (χ2v) is 3.94. The Labute approximate surface area is 98.9 Å². The van der Waals surface area contributed by atoms with Crippen LogP contribution in [0.1, 0.15) is 16.8 Å². The highest BCUT2D eigenvalue weighted by atomic mass is 16.1. The first-order valence-corrected chi connectivity index (χ1v) is 5.61. The Bertz CT molecular complexity index is 470. The minimum atomic E-state index is -0.206. The van der Waals surface area contributed by atoms with Gasteiger partial charge in [-0.05, 0) is 19.0 Å². The zero-order valence-electron chi connectivity index (χ0n) is 9.45. The largest absolute Gasteiger partial charge is 0.348 e. The topological polar surface area (TPSA) is 74.0 Å². The number of carbonyl (C=O) groups is 1. The van der Waals surface area contributed by atoms with Gasteiger partial charge in [-0.1, -0.05) is 11.6 Å². The third-order valence-corrected chi connectivity index (χ3v) is 2.68. The van der Waals surface area contributed by atoms with Gasteiger partial charge >= 0.3 is 0 Å². The number of carbonyl (C=O) groups excluding carboxylic acids is 1. The predicted octanol–water partition coefficient (Wildman–Crippen LogP) is 0.0244. The molecule has 1 aliphatic heterocycles. The van der Waals surface area contributed by atoms with Gasteiger partial charge in [0.25, 0.3) is 5.91 Å². The van der Waals surface area contributed by atoms with Crippen molar-refractivity contribution in [2.24, 2.45) is 0 Å². The van der Waals surface area contributed by atoms with Crippen molar-refractivity contribution in [1.82, 2.24) is 15.6 Å². The molecule has 90 valence electrons. The van der Waals surface area contributed by atoms with E-state index in [9.17, 15) is 9.59 Å². The van der Waals surface area contributed by atoms with Gasteiger partial charge in [-0.25, -0.2) is 0 Å². The standard InChI is InChI=1S/C12H15N3O2/c16-11-2-1-10(8-14-11)12(17)15-7-9-3-5-13-6-4-9/h1-3,8,13H,4-7H2,(H,14,16)(H,15,17). The molecule has 1 aliphatic rings. The van der Waals surface area contributed by atoms with Crippen LogP contribution in [0.25, 0.3) is 0 Å². The van der Waals surface area contributed by atoms with Crippen LogP contribution in [0.2, 0.25) is 0 Å². The monoisotopic (exact) mass is 233 g/mol. The van der Waals surface area contributed by atoms with Crippen LogP contribution in [0, 0.1) is 0 Å². The third kappa shape index (κ3) is 3.29. The van der Waals surface area contributed by atoms with Gasteiger partial charge in [-0.15, -0.1) is 0 Å². The molecule has 0 aromatic carbocycles. The van der Waals surface area contributed by atoms with Crippen molar-refractivity contribution in [2.75, 3.05) is 19.6 Å². The summed E-state index contributed by atoms with van der Waals surface area (Å²) in [5, 5.41) is 6.04. The maximum atomic E-state index is 11.7. The van der Waals surface area contributed by atoms with E-state index in [-0.39, 0.29) is 11.5 Å². The summed E-state index contributed by atoms with van der Waals surface area (Å²) in [6.45, 7) is 2.39. The average Bonchev–Trinajstić information content (AvgIpc) is 2.38. The first-order chi connectivity index (χ1) is 8.25. The molecule has 0 atom stereocenters. The molecular weight excluding hydrogens is 218 g/mol. The molecule has 0 unspecified atom stereocenters. The second kappa shape index (κ2) is 5.45. The van der Waals surface area contributed by atoms with E-state index in [0.29, 0.717) is 12.1 Å². The molecule has 1 aromatic heterocycles. The van der Waals surface area contributed by atoms with Crippen LogP contribution in [-0.2, 0) is 0 Å². The number of H-pyrrole nitrogens is 1. The number of aromatic nitrogens is 1. The van der Waals surface area contributed by atoms with E-state index in [4.69, 9.17) is 0 Å².